The fourth-order valence-corrected chi connectivity index (χ4v) is 5.46. The van der Waals surface area contributed by atoms with Crippen LogP contribution in [0.25, 0.3) is 11.1 Å². The number of likely N-dealkylation sites (tertiary alicyclic amines) is 1. The number of hydrogen-bond acceptors (Lipinski definition) is 4. The van der Waals surface area contributed by atoms with Crippen LogP contribution in [0.4, 0.5) is 4.79 Å². The van der Waals surface area contributed by atoms with Crippen molar-refractivity contribution in [2.24, 2.45) is 11.3 Å². The molecule has 0 atom stereocenters. The van der Waals surface area contributed by atoms with Gasteiger partial charge in [0, 0.05) is 13.1 Å². The molecule has 0 aliphatic carbocycles. The summed E-state index contributed by atoms with van der Waals surface area (Å²) in [5, 5.41) is 0. The van der Waals surface area contributed by atoms with E-state index in [1.807, 2.05) is 76.8 Å². The number of piperidine rings is 1. The Kier molecular flexibility index (Phi) is 9.84. The molecule has 5 nitrogen and oxygen atoms in total. The van der Waals surface area contributed by atoms with Crippen LogP contribution in [0.5, 0.6) is 5.75 Å². The third-order valence-corrected chi connectivity index (χ3v) is 7.71. The number of rotatable bonds is 6. The Morgan fingerprint density at radius 2 is 1.28 bits per heavy atom. The molecular formula is C38H47NO4. The summed E-state index contributed by atoms with van der Waals surface area (Å²) in [5.74, 6) is 0.959. The standard InChI is InChI=1S/C38H47NO4/c1-26(2)33(29-12-10-9-11-13-29)34(31-18-20-32(21-19-31)42-35(40)37(3,4)5)30-16-14-27(15-17-30)28-22-24-39(25-23-28)36(41)43-38(6,7)8/h9-21,26,28H,22-25H2,1-8H3/b34-33+. The molecule has 4 rings (SSSR count). The Balaban J connectivity index is 1.64. The van der Waals surface area contributed by atoms with Crippen molar-refractivity contribution in [3.05, 3.63) is 101 Å². The normalized spacial score (nSPS) is 15.2. The highest BCUT2D eigenvalue weighted by Gasteiger charge is 2.28. The SMILES string of the molecule is CC(C)/C(=C(\c1ccc(OC(=O)C(C)(C)C)cc1)c1ccc(C2CCN(C(=O)OC(C)(C)C)CC2)cc1)c1ccccc1. The summed E-state index contributed by atoms with van der Waals surface area (Å²) >= 11 is 0. The molecule has 0 bridgehead atoms. The quantitative estimate of drug-likeness (QED) is 0.165. The minimum absolute atomic E-state index is 0.225. The zero-order chi connectivity index (χ0) is 31.4. The van der Waals surface area contributed by atoms with Crippen LogP contribution in [0.3, 0.4) is 0 Å². The van der Waals surface area contributed by atoms with Gasteiger partial charge in [-0.25, -0.2) is 4.79 Å². The van der Waals surface area contributed by atoms with E-state index < -0.39 is 11.0 Å². The number of allylic oxidation sites excluding steroid dienone is 1. The van der Waals surface area contributed by atoms with Crippen LogP contribution in [0.2, 0.25) is 0 Å². The predicted molar refractivity (Wildman–Crippen MR) is 175 cm³/mol. The van der Waals surface area contributed by atoms with Gasteiger partial charge < -0.3 is 14.4 Å². The number of esters is 1. The van der Waals surface area contributed by atoms with Gasteiger partial charge in [-0.15, -0.1) is 0 Å². The third kappa shape index (κ3) is 8.37. The van der Waals surface area contributed by atoms with Crippen molar-refractivity contribution in [2.75, 3.05) is 13.1 Å². The van der Waals surface area contributed by atoms with Crippen LogP contribution in [-0.4, -0.2) is 35.7 Å². The van der Waals surface area contributed by atoms with Crippen LogP contribution in [0, 0.1) is 11.3 Å². The lowest BCUT2D eigenvalue weighted by Crippen LogP contribution is -2.41. The second kappa shape index (κ2) is 13.2. The molecule has 1 aliphatic heterocycles. The van der Waals surface area contributed by atoms with Gasteiger partial charge in [0.15, 0.2) is 0 Å². The monoisotopic (exact) mass is 581 g/mol. The van der Waals surface area contributed by atoms with Gasteiger partial charge in [0.2, 0.25) is 0 Å². The van der Waals surface area contributed by atoms with E-state index in [0.717, 1.165) is 24.0 Å². The smallest absolute Gasteiger partial charge is 0.410 e. The van der Waals surface area contributed by atoms with Gasteiger partial charge in [-0.2, -0.15) is 0 Å². The Labute approximate surface area is 257 Å². The highest BCUT2D eigenvalue weighted by Crippen LogP contribution is 2.38. The van der Waals surface area contributed by atoms with Crippen molar-refractivity contribution in [1.82, 2.24) is 4.90 Å². The van der Waals surface area contributed by atoms with E-state index in [-0.39, 0.29) is 18.0 Å². The Bertz CT molecular complexity index is 1410. The average Bonchev–Trinajstić information content (AvgIpc) is 2.95. The molecule has 1 aliphatic rings. The zero-order valence-electron chi connectivity index (χ0n) is 27.1. The Hall–Kier alpha value is -3.86. The van der Waals surface area contributed by atoms with E-state index in [1.165, 1.54) is 22.3 Å². The first-order valence-electron chi connectivity index (χ1n) is 15.4. The Morgan fingerprint density at radius 1 is 0.744 bits per heavy atom. The van der Waals surface area contributed by atoms with Gasteiger partial charge in [0.05, 0.1) is 5.41 Å². The maximum atomic E-state index is 12.5. The molecule has 0 saturated carbocycles. The molecule has 1 heterocycles. The van der Waals surface area contributed by atoms with E-state index in [4.69, 9.17) is 9.47 Å². The molecule has 3 aromatic rings. The lowest BCUT2D eigenvalue weighted by atomic mass is 9.83. The predicted octanol–water partition coefficient (Wildman–Crippen LogP) is 9.37. The van der Waals surface area contributed by atoms with E-state index in [1.54, 1.807) is 0 Å². The molecular weight excluding hydrogens is 534 g/mol. The van der Waals surface area contributed by atoms with Crippen molar-refractivity contribution >= 4 is 23.2 Å². The third-order valence-electron chi connectivity index (χ3n) is 7.71. The molecule has 43 heavy (non-hydrogen) atoms. The number of nitrogens with zero attached hydrogens (tertiary/aromatic N) is 1. The number of carbonyl (C=O) groups is 2. The molecule has 3 aromatic carbocycles. The number of hydrogen-bond donors (Lipinski definition) is 0. The summed E-state index contributed by atoms with van der Waals surface area (Å²) in [4.78, 5) is 26.8. The fourth-order valence-electron chi connectivity index (χ4n) is 5.46. The number of amides is 1. The minimum Gasteiger partial charge on any atom is -0.444 e. The van der Waals surface area contributed by atoms with Crippen molar-refractivity contribution in [1.29, 1.82) is 0 Å². The average molecular weight is 582 g/mol. The lowest BCUT2D eigenvalue weighted by molar-refractivity contribution is -0.143. The van der Waals surface area contributed by atoms with Gasteiger partial charge in [0.25, 0.3) is 0 Å². The first-order chi connectivity index (χ1) is 20.2. The molecule has 5 heteroatoms. The van der Waals surface area contributed by atoms with Gasteiger partial charge in [-0.1, -0.05) is 80.6 Å². The Morgan fingerprint density at radius 3 is 1.77 bits per heavy atom. The van der Waals surface area contributed by atoms with Crippen LogP contribution in [0.15, 0.2) is 78.9 Å². The van der Waals surface area contributed by atoms with E-state index in [0.29, 0.717) is 24.8 Å². The summed E-state index contributed by atoms with van der Waals surface area (Å²) in [7, 11) is 0. The molecule has 0 unspecified atom stereocenters. The summed E-state index contributed by atoms with van der Waals surface area (Å²) < 4.78 is 11.2. The summed E-state index contributed by atoms with van der Waals surface area (Å²) in [6, 6.07) is 27.3. The maximum absolute atomic E-state index is 12.5. The first-order valence-corrected chi connectivity index (χ1v) is 15.4. The molecule has 0 N–H and O–H groups in total. The fraction of sp³-hybridized carbons (Fsp3) is 0.421. The second-order valence-corrected chi connectivity index (χ2v) is 13.8. The zero-order valence-corrected chi connectivity index (χ0v) is 27.1. The molecule has 1 saturated heterocycles. The molecule has 0 aromatic heterocycles. The van der Waals surface area contributed by atoms with Crippen LogP contribution in [-0.2, 0) is 9.53 Å². The topological polar surface area (TPSA) is 55.8 Å². The largest absolute Gasteiger partial charge is 0.444 e. The van der Waals surface area contributed by atoms with Crippen LogP contribution in [0.1, 0.15) is 96.4 Å². The maximum Gasteiger partial charge on any atom is 0.410 e. The highest BCUT2D eigenvalue weighted by molar-refractivity contribution is 5.99. The van der Waals surface area contributed by atoms with Gasteiger partial charge in [0.1, 0.15) is 11.4 Å². The van der Waals surface area contributed by atoms with Gasteiger partial charge in [-0.05, 0) is 112 Å². The van der Waals surface area contributed by atoms with Crippen molar-refractivity contribution in [2.45, 2.75) is 79.8 Å². The number of ether oxygens (including phenoxy) is 2. The summed E-state index contributed by atoms with van der Waals surface area (Å²) in [6.07, 6.45) is 1.60. The van der Waals surface area contributed by atoms with Crippen LogP contribution < -0.4 is 4.74 Å². The van der Waals surface area contributed by atoms with Crippen molar-refractivity contribution < 1.29 is 19.1 Å². The lowest BCUT2D eigenvalue weighted by Gasteiger charge is -2.33. The van der Waals surface area contributed by atoms with Crippen molar-refractivity contribution in [3.63, 3.8) is 0 Å². The molecule has 1 fully saturated rings. The first kappa shape index (κ1) is 32.1. The van der Waals surface area contributed by atoms with Crippen LogP contribution >= 0.6 is 0 Å². The van der Waals surface area contributed by atoms with Gasteiger partial charge >= 0.3 is 12.1 Å². The van der Waals surface area contributed by atoms with E-state index in [9.17, 15) is 9.59 Å². The summed E-state index contributed by atoms with van der Waals surface area (Å²) in [5.41, 5.74) is 6.07. The molecule has 0 spiro atoms. The van der Waals surface area contributed by atoms with E-state index >= 15 is 0 Å². The van der Waals surface area contributed by atoms with Crippen molar-refractivity contribution in [3.8, 4) is 5.75 Å². The summed E-state index contributed by atoms with van der Waals surface area (Å²) in [6.45, 7) is 17.1. The highest BCUT2D eigenvalue weighted by atomic mass is 16.6. The number of carbonyl (C=O) groups excluding carboxylic acids is 2. The molecule has 0 radical (unpaired) electrons. The second-order valence-electron chi connectivity index (χ2n) is 13.8. The van der Waals surface area contributed by atoms with E-state index in [2.05, 4.69) is 62.4 Å². The molecule has 1 amide bonds. The number of benzene rings is 3. The minimum atomic E-state index is -0.573. The molecule has 228 valence electrons. The van der Waals surface area contributed by atoms with Gasteiger partial charge in [-0.3, -0.25) is 4.79 Å².